The molecule has 0 aromatic heterocycles. The topological polar surface area (TPSA) is 50.1 Å². The lowest BCUT2D eigenvalue weighted by molar-refractivity contribution is 0.0467. The molecule has 0 aliphatic rings. The molecule has 2 aromatic carbocycles. The predicted molar refractivity (Wildman–Crippen MR) is 71.7 cm³/mol. The summed E-state index contributed by atoms with van der Waals surface area (Å²) in [6, 6.07) is 12.6. The standard InChI is InChI=1S/C15H9ClFNO2/c16-12-6-3-7-13(17)14(12)15(19)20-9-11-5-2-1-4-10(11)8-18/h1-7H,9H2. The van der Waals surface area contributed by atoms with Crippen molar-refractivity contribution in [2.75, 3.05) is 0 Å². The van der Waals surface area contributed by atoms with Crippen LogP contribution in [0.3, 0.4) is 0 Å². The average Bonchev–Trinajstić information content (AvgIpc) is 2.45. The number of carbonyl (C=O) groups excluding carboxylic acids is 1. The largest absolute Gasteiger partial charge is 0.457 e. The van der Waals surface area contributed by atoms with Gasteiger partial charge in [0.15, 0.2) is 0 Å². The van der Waals surface area contributed by atoms with Crippen LogP contribution in [0.2, 0.25) is 5.02 Å². The minimum Gasteiger partial charge on any atom is -0.457 e. The van der Waals surface area contributed by atoms with E-state index in [9.17, 15) is 9.18 Å². The lowest BCUT2D eigenvalue weighted by atomic mass is 10.1. The van der Waals surface area contributed by atoms with Crippen LogP contribution in [0.5, 0.6) is 0 Å². The van der Waals surface area contributed by atoms with Crippen molar-refractivity contribution >= 4 is 17.6 Å². The molecule has 100 valence electrons. The fraction of sp³-hybridized carbons (Fsp3) is 0.0667. The number of halogens is 2. The van der Waals surface area contributed by atoms with E-state index in [-0.39, 0.29) is 17.2 Å². The number of ether oxygens (including phenoxy) is 1. The van der Waals surface area contributed by atoms with Crippen LogP contribution in [0.25, 0.3) is 0 Å². The lowest BCUT2D eigenvalue weighted by Crippen LogP contribution is -2.09. The number of hydrogen-bond acceptors (Lipinski definition) is 3. The molecule has 0 N–H and O–H groups in total. The SMILES string of the molecule is N#Cc1ccccc1COC(=O)c1c(F)cccc1Cl. The molecule has 0 amide bonds. The molecule has 0 radical (unpaired) electrons. The second kappa shape index (κ2) is 6.18. The minimum atomic E-state index is -0.860. The molecule has 2 aromatic rings. The van der Waals surface area contributed by atoms with Gasteiger partial charge in [-0.1, -0.05) is 35.9 Å². The Morgan fingerprint density at radius 1 is 1.25 bits per heavy atom. The van der Waals surface area contributed by atoms with Gasteiger partial charge in [0.05, 0.1) is 16.7 Å². The maximum Gasteiger partial charge on any atom is 0.342 e. The van der Waals surface area contributed by atoms with Gasteiger partial charge in [-0.25, -0.2) is 9.18 Å². The Morgan fingerprint density at radius 3 is 2.70 bits per heavy atom. The molecule has 0 saturated heterocycles. The van der Waals surface area contributed by atoms with Crippen LogP contribution in [0.4, 0.5) is 4.39 Å². The summed E-state index contributed by atoms with van der Waals surface area (Å²) in [6.07, 6.45) is 0. The smallest absolute Gasteiger partial charge is 0.342 e. The van der Waals surface area contributed by atoms with Gasteiger partial charge in [0.25, 0.3) is 0 Å². The molecule has 0 spiro atoms. The number of carbonyl (C=O) groups is 1. The second-order valence-electron chi connectivity index (χ2n) is 3.94. The van der Waals surface area contributed by atoms with E-state index in [4.69, 9.17) is 21.6 Å². The number of nitriles is 1. The Hall–Kier alpha value is -2.38. The Balaban J connectivity index is 2.16. The van der Waals surface area contributed by atoms with Gasteiger partial charge < -0.3 is 4.74 Å². The zero-order chi connectivity index (χ0) is 14.5. The zero-order valence-electron chi connectivity index (χ0n) is 10.3. The van der Waals surface area contributed by atoms with Crippen molar-refractivity contribution in [2.24, 2.45) is 0 Å². The molecule has 0 atom stereocenters. The van der Waals surface area contributed by atoms with E-state index >= 15 is 0 Å². The molecule has 3 nitrogen and oxygen atoms in total. The zero-order valence-corrected chi connectivity index (χ0v) is 11.0. The Morgan fingerprint density at radius 2 is 2.00 bits per heavy atom. The first-order valence-electron chi connectivity index (χ1n) is 5.72. The fourth-order valence-corrected chi connectivity index (χ4v) is 1.90. The first-order chi connectivity index (χ1) is 9.63. The third kappa shape index (κ3) is 2.95. The van der Waals surface area contributed by atoms with Gasteiger partial charge in [0.2, 0.25) is 0 Å². The molecule has 0 fully saturated rings. The molecular formula is C15H9ClFNO2. The molecular weight excluding hydrogens is 281 g/mol. The number of hydrogen-bond donors (Lipinski definition) is 0. The molecule has 0 heterocycles. The normalized spacial score (nSPS) is 9.85. The summed E-state index contributed by atoms with van der Waals surface area (Å²) in [4.78, 5) is 11.8. The predicted octanol–water partition coefficient (Wildman–Crippen LogP) is 3.71. The lowest BCUT2D eigenvalue weighted by Gasteiger charge is -2.08. The van der Waals surface area contributed by atoms with Crippen molar-refractivity contribution in [3.63, 3.8) is 0 Å². The highest BCUT2D eigenvalue weighted by atomic mass is 35.5. The summed E-state index contributed by atoms with van der Waals surface area (Å²) in [7, 11) is 0. The highest BCUT2D eigenvalue weighted by Crippen LogP contribution is 2.20. The summed E-state index contributed by atoms with van der Waals surface area (Å²) in [5, 5.41) is 8.91. The van der Waals surface area contributed by atoms with Gasteiger partial charge in [-0.15, -0.1) is 0 Å². The van der Waals surface area contributed by atoms with Gasteiger partial charge in [0, 0.05) is 5.56 Å². The van der Waals surface area contributed by atoms with E-state index < -0.39 is 11.8 Å². The Bertz CT molecular complexity index is 674. The van der Waals surface area contributed by atoms with Crippen molar-refractivity contribution in [1.29, 1.82) is 5.26 Å². The van der Waals surface area contributed by atoms with Crippen molar-refractivity contribution in [1.82, 2.24) is 0 Å². The second-order valence-corrected chi connectivity index (χ2v) is 4.35. The molecule has 0 unspecified atom stereocenters. The third-order valence-corrected chi connectivity index (χ3v) is 2.98. The first-order valence-corrected chi connectivity index (χ1v) is 6.10. The maximum absolute atomic E-state index is 13.5. The van der Waals surface area contributed by atoms with Crippen LogP contribution >= 0.6 is 11.6 Å². The van der Waals surface area contributed by atoms with E-state index in [1.165, 1.54) is 12.1 Å². The average molecular weight is 290 g/mol. The number of rotatable bonds is 3. The van der Waals surface area contributed by atoms with Gasteiger partial charge >= 0.3 is 5.97 Å². The maximum atomic E-state index is 13.5. The molecule has 0 aliphatic heterocycles. The van der Waals surface area contributed by atoms with E-state index in [1.54, 1.807) is 24.3 Å². The minimum absolute atomic E-state index is 0.0106. The van der Waals surface area contributed by atoms with E-state index in [2.05, 4.69) is 0 Å². The summed E-state index contributed by atoms with van der Waals surface area (Å²) in [5.74, 6) is -1.60. The molecule has 2 rings (SSSR count). The van der Waals surface area contributed by atoms with Crippen molar-refractivity contribution in [2.45, 2.75) is 6.61 Å². The van der Waals surface area contributed by atoms with Gasteiger partial charge in [-0.3, -0.25) is 0 Å². The highest BCUT2D eigenvalue weighted by Gasteiger charge is 2.17. The molecule has 0 saturated carbocycles. The summed E-state index contributed by atoms with van der Waals surface area (Å²) in [6.45, 7) is -0.118. The van der Waals surface area contributed by atoms with E-state index in [1.807, 2.05) is 6.07 Å². The Kier molecular flexibility index (Phi) is 4.34. The number of nitrogens with zero attached hydrogens (tertiary/aromatic N) is 1. The van der Waals surface area contributed by atoms with Gasteiger partial charge in [-0.2, -0.15) is 5.26 Å². The van der Waals surface area contributed by atoms with E-state index in [0.717, 1.165) is 6.07 Å². The van der Waals surface area contributed by atoms with Crippen LogP contribution in [-0.2, 0) is 11.3 Å². The van der Waals surface area contributed by atoms with Crippen molar-refractivity contribution in [3.8, 4) is 6.07 Å². The molecule has 5 heteroatoms. The quantitative estimate of drug-likeness (QED) is 0.809. The summed E-state index contributed by atoms with van der Waals surface area (Å²) >= 11 is 5.77. The molecule has 20 heavy (non-hydrogen) atoms. The third-order valence-electron chi connectivity index (χ3n) is 2.66. The highest BCUT2D eigenvalue weighted by molar-refractivity contribution is 6.33. The van der Waals surface area contributed by atoms with Gasteiger partial charge in [-0.05, 0) is 18.2 Å². The Labute approximate surface area is 120 Å². The monoisotopic (exact) mass is 289 g/mol. The number of esters is 1. The van der Waals surface area contributed by atoms with Crippen LogP contribution < -0.4 is 0 Å². The number of benzene rings is 2. The van der Waals surface area contributed by atoms with E-state index in [0.29, 0.717) is 11.1 Å². The van der Waals surface area contributed by atoms with Crippen LogP contribution in [0.1, 0.15) is 21.5 Å². The van der Waals surface area contributed by atoms with Crippen LogP contribution in [-0.4, -0.2) is 5.97 Å². The van der Waals surface area contributed by atoms with Crippen molar-refractivity contribution in [3.05, 3.63) is 70.0 Å². The van der Waals surface area contributed by atoms with Crippen LogP contribution in [0.15, 0.2) is 42.5 Å². The van der Waals surface area contributed by atoms with Crippen molar-refractivity contribution < 1.29 is 13.9 Å². The van der Waals surface area contributed by atoms with Gasteiger partial charge in [0.1, 0.15) is 18.0 Å². The fourth-order valence-electron chi connectivity index (χ4n) is 1.66. The summed E-state index contributed by atoms with van der Waals surface area (Å²) < 4.78 is 18.5. The molecule has 0 bridgehead atoms. The summed E-state index contributed by atoms with van der Waals surface area (Å²) in [5.41, 5.74) is 0.652. The van der Waals surface area contributed by atoms with Crippen LogP contribution in [0, 0.1) is 17.1 Å². The molecule has 0 aliphatic carbocycles. The first kappa shape index (κ1) is 14.0.